The molecular formula is C14H15ClO2. The predicted molar refractivity (Wildman–Crippen MR) is 67.8 cm³/mol. The molecule has 1 heterocycles. The van der Waals surface area contributed by atoms with Crippen molar-refractivity contribution in [1.29, 1.82) is 0 Å². The standard InChI is InChI=1S/C14H15ClO2/c1-2-3-11-6-9-13(17-14(11)16)10-4-7-12(15)8-5-10/h2,4-5,7-8,11,13H,1,3,6,9H2/t11-,13+/m0/s1. The summed E-state index contributed by atoms with van der Waals surface area (Å²) in [6.07, 6.45) is 4.07. The summed E-state index contributed by atoms with van der Waals surface area (Å²) in [5.41, 5.74) is 1.01. The highest BCUT2D eigenvalue weighted by Crippen LogP contribution is 2.33. The minimum Gasteiger partial charge on any atom is -0.457 e. The smallest absolute Gasteiger partial charge is 0.309 e. The lowest BCUT2D eigenvalue weighted by Crippen LogP contribution is -2.26. The van der Waals surface area contributed by atoms with Crippen LogP contribution >= 0.6 is 11.6 Å². The zero-order valence-corrected chi connectivity index (χ0v) is 10.3. The first-order chi connectivity index (χ1) is 8.20. The van der Waals surface area contributed by atoms with Gasteiger partial charge in [0.15, 0.2) is 0 Å². The van der Waals surface area contributed by atoms with Crippen LogP contribution in [-0.2, 0) is 9.53 Å². The largest absolute Gasteiger partial charge is 0.457 e. The number of cyclic esters (lactones) is 1. The van der Waals surface area contributed by atoms with Crippen molar-refractivity contribution in [3.05, 3.63) is 47.5 Å². The van der Waals surface area contributed by atoms with E-state index in [-0.39, 0.29) is 18.0 Å². The fraction of sp³-hybridized carbons (Fsp3) is 0.357. The van der Waals surface area contributed by atoms with Crippen LogP contribution in [0, 0.1) is 5.92 Å². The molecule has 0 N–H and O–H groups in total. The van der Waals surface area contributed by atoms with Gasteiger partial charge >= 0.3 is 5.97 Å². The summed E-state index contributed by atoms with van der Waals surface area (Å²) in [6.45, 7) is 3.65. The summed E-state index contributed by atoms with van der Waals surface area (Å²) in [5, 5.41) is 0.695. The third kappa shape index (κ3) is 2.89. The summed E-state index contributed by atoms with van der Waals surface area (Å²) in [7, 11) is 0. The third-order valence-electron chi connectivity index (χ3n) is 3.06. The van der Waals surface area contributed by atoms with Crippen LogP contribution in [0.15, 0.2) is 36.9 Å². The van der Waals surface area contributed by atoms with Gasteiger partial charge in [-0.2, -0.15) is 0 Å². The molecule has 0 unspecified atom stereocenters. The third-order valence-corrected chi connectivity index (χ3v) is 3.31. The number of hydrogen-bond donors (Lipinski definition) is 0. The van der Waals surface area contributed by atoms with E-state index < -0.39 is 0 Å². The lowest BCUT2D eigenvalue weighted by atomic mass is 9.92. The number of carbonyl (C=O) groups excluding carboxylic acids is 1. The van der Waals surface area contributed by atoms with Crippen LogP contribution in [0.3, 0.4) is 0 Å². The molecule has 1 aliphatic heterocycles. The van der Waals surface area contributed by atoms with Gasteiger partial charge in [0.25, 0.3) is 0 Å². The summed E-state index contributed by atoms with van der Waals surface area (Å²) in [5.74, 6) is -0.132. The van der Waals surface area contributed by atoms with Crippen molar-refractivity contribution in [3.8, 4) is 0 Å². The number of benzene rings is 1. The van der Waals surface area contributed by atoms with Crippen LogP contribution < -0.4 is 0 Å². The Kier molecular flexibility index (Phi) is 3.85. The van der Waals surface area contributed by atoms with Crippen molar-refractivity contribution in [2.24, 2.45) is 5.92 Å². The minimum absolute atomic E-state index is 0.0175. The van der Waals surface area contributed by atoms with E-state index in [1.54, 1.807) is 6.08 Å². The molecule has 17 heavy (non-hydrogen) atoms. The van der Waals surface area contributed by atoms with E-state index >= 15 is 0 Å². The lowest BCUT2D eigenvalue weighted by Gasteiger charge is -2.27. The molecule has 0 aromatic heterocycles. The van der Waals surface area contributed by atoms with Gasteiger partial charge in [0.1, 0.15) is 6.10 Å². The first-order valence-corrected chi connectivity index (χ1v) is 6.15. The van der Waals surface area contributed by atoms with Crippen molar-refractivity contribution >= 4 is 17.6 Å². The Labute approximate surface area is 106 Å². The maximum Gasteiger partial charge on any atom is 0.309 e. The Hall–Kier alpha value is -1.28. The van der Waals surface area contributed by atoms with Gasteiger partial charge in [-0.05, 0) is 37.0 Å². The topological polar surface area (TPSA) is 26.3 Å². The second-order valence-electron chi connectivity index (χ2n) is 4.28. The van der Waals surface area contributed by atoms with E-state index in [0.29, 0.717) is 11.4 Å². The van der Waals surface area contributed by atoms with Gasteiger partial charge in [-0.3, -0.25) is 4.79 Å². The molecule has 2 rings (SSSR count). The maximum atomic E-state index is 11.7. The number of allylic oxidation sites excluding steroid dienone is 1. The molecule has 1 fully saturated rings. The Balaban J connectivity index is 2.04. The molecule has 2 nitrogen and oxygen atoms in total. The van der Waals surface area contributed by atoms with Crippen molar-refractivity contribution in [2.75, 3.05) is 0 Å². The first-order valence-electron chi connectivity index (χ1n) is 5.77. The second-order valence-corrected chi connectivity index (χ2v) is 4.71. The van der Waals surface area contributed by atoms with Gasteiger partial charge in [0.2, 0.25) is 0 Å². The van der Waals surface area contributed by atoms with Crippen molar-refractivity contribution in [1.82, 2.24) is 0 Å². The number of ether oxygens (including phenoxy) is 1. The van der Waals surface area contributed by atoms with E-state index in [9.17, 15) is 4.79 Å². The van der Waals surface area contributed by atoms with Gasteiger partial charge in [0.05, 0.1) is 5.92 Å². The number of rotatable bonds is 3. The summed E-state index contributed by atoms with van der Waals surface area (Å²) < 4.78 is 5.45. The van der Waals surface area contributed by atoms with Crippen LogP contribution in [0.1, 0.15) is 30.9 Å². The maximum absolute atomic E-state index is 11.7. The Morgan fingerprint density at radius 1 is 1.35 bits per heavy atom. The van der Waals surface area contributed by atoms with Crippen LogP contribution in [0.2, 0.25) is 5.02 Å². The zero-order valence-electron chi connectivity index (χ0n) is 9.56. The average Bonchev–Trinajstić information content (AvgIpc) is 2.33. The Bertz CT molecular complexity index is 411. The minimum atomic E-state index is -0.124. The van der Waals surface area contributed by atoms with Crippen molar-refractivity contribution < 1.29 is 9.53 Å². The molecule has 0 aliphatic carbocycles. The van der Waals surface area contributed by atoms with Crippen LogP contribution in [0.4, 0.5) is 0 Å². The molecule has 3 heteroatoms. The second kappa shape index (κ2) is 5.37. The highest BCUT2D eigenvalue weighted by atomic mass is 35.5. The molecule has 1 aliphatic rings. The van der Waals surface area contributed by atoms with E-state index in [4.69, 9.17) is 16.3 Å². The van der Waals surface area contributed by atoms with E-state index in [2.05, 4.69) is 6.58 Å². The molecule has 0 amide bonds. The first kappa shape index (κ1) is 12.2. The van der Waals surface area contributed by atoms with Crippen LogP contribution in [0.5, 0.6) is 0 Å². The van der Waals surface area contributed by atoms with Gasteiger partial charge in [-0.15, -0.1) is 6.58 Å². The highest BCUT2D eigenvalue weighted by Gasteiger charge is 2.29. The molecular weight excluding hydrogens is 236 g/mol. The molecule has 0 radical (unpaired) electrons. The van der Waals surface area contributed by atoms with Crippen molar-refractivity contribution in [2.45, 2.75) is 25.4 Å². The molecule has 0 saturated carbocycles. The van der Waals surface area contributed by atoms with Crippen molar-refractivity contribution in [3.63, 3.8) is 0 Å². The van der Waals surface area contributed by atoms with Gasteiger partial charge < -0.3 is 4.74 Å². The normalized spacial score (nSPS) is 24.2. The van der Waals surface area contributed by atoms with Gasteiger partial charge in [0, 0.05) is 5.02 Å². The lowest BCUT2D eigenvalue weighted by molar-refractivity contribution is -0.160. The van der Waals surface area contributed by atoms with Gasteiger partial charge in [-0.1, -0.05) is 29.8 Å². The summed E-state index contributed by atoms with van der Waals surface area (Å²) >= 11 is 5.82. The van der Waals surface area contributed by atoms with E-state index in [1.807, 2.05) is 24.3 Å². The molecule has 1 aromatic carbocycles. The van der Waals surface area contributed by atoms with Crippen LogP contribution in [0.25, 0.3) is 0 Å². The SMILES string of the molecule is C=CC[C@H]1CC[C@H](c2ccc(Cl)cc2)OC1=O. The molecule has 1 aromatic rings. The Morgan fingerprint density at radius 3 is 2.65 bits per heavy atom. The molecule has 0 bridgehead atoms. The molecule has 0 spiro atoms. The molecule has 2 atom stereocenters. The summed E-state index contributed by atoms with van der Waals surface area (Å²) in [4.78, 5) is 11.7. The van der Waals surface area contributed by atoms with E-state index in [1.165, 1.54) is 0 Å². The number of carbonyl (C=O) groups is 1. The molecule has 1 saturated heterocycles. The number of hydrogen-bond acceptors (Lipinski definition) is 2. The monoisotopic (exact) mass is 250 g/mol. The highest BCUT2D eigenvalue weighted by molar-refractivity contribution is 6.30. The van der Waals surface area contributed by atoms with E-state index in [0.717, 1.165) is 18.4 Å². The zero-order chi connectivity index (χ0) is 12.3. The number of esters is 1. The Morgan fingerprint density at radius 2 is 2.06 bits per heavy atom. The summed E-state index contributed by atoms with van der Waals surface area (Å²) in [6, 6.07) is 7.46. The quantitative estimate of drug-likeness (QED) is 0.601. The predicted octanol–water partition coefficient (Wildman–Crippen LogP) is 3.91. The molecule has 90 valence electrons. The van der Waals surface area contributed by atoms with Gasteiger partial charge in [-0.25, -0.2) is 0 Å². The number of halogens is 1. The fourth-order valence-electron chi connectivity index (χ4n) is 2.09. The average molecular weight is 251 g/mol. The van der Waals surface area contributed by atoms with Crippen LogP contribution in [-0.4, -0.2) is 5.97 Å². The fourth-order valence-corrected chi connectivity index (χ4v) is 2.22.